The SMILES string of the molecule is NC1(C(=O)NCCc2nccs2)CC1. The summed E-state index contributed by atoms with van der Waals surface area (Å²) in [6.07, 6.45) is 4.19. The number of carbonyl (C=O) groups excluding carboxylic acids is 1. The van der Waals surface area contributed by atoms with E-state index in [1.807, 2.05) is 5.38 Å². The largest absolute Gasteiger partial charge is 0.354 e. The lowest BCUT2D eigenvalue weighted by atomic mass is 10.2. The van der Waals surface area contributed by atoms with Gasteiger partial charge < -0.3 is 11.1 Å². The average molecular weight is 211 g/mol. The van der Waals surface area contributed by atoms with Crippen molar-refractivity contribution in [3.8, 4) is 0 Å². The minimum absolute atomic E-state index is 0.0194. The lowest BCUT2D eigenvalue weighted by molar-refractivity contribution is -0.123. The molecule has 3 N–H and O–H groups in total. The summed E-state index contributed by atoms with van der Waals surface area (Å²) in [4.78, 5) is 15.5. The van der Waals surface area contributed by atoms with Crippen LogP contribution in [-0.4, -0.2) is 23.0 Å². The summed E-state index contributed by atoms with van der Waals surface area (Å²) in [5.74, 6) is -0.0194. The van der Waals surface area contributed by atoms with Crippen LogP contribution in [0.2, 0.25) is 0 Å². The van der Waals surface area contributed by atoms with Crippen LogP contribution in [0.3, 0.4) is 0 Å². The van der Waals surface area contributed by atoms with Crippen molar-refractivity contribution in [2.24, 2.45) is 5.73 Å². The Bertz CT molecular complexity index is 319. The molecular weight excluding hydrogens is 198 g/mol. The fourth-order valence-electron chi connectivity index (χ4n) is 1.20. The molecule has 0 unspecified atom stereocenters. The van der Waals surface area contributed by atoms with E-state index in [1.54, 1.807) is 17.5 Å². The second-order valence-electron chi connectivity index (χ2n) is 3.59. The Labute approximate surface area is 86.5 Å². The lowest BCUT2D eigenvalue weighted by Crippen LogP contribution is -2.43. The van der Waals surface area contributed by atoms with Crippen LogP contribution in [0.5, 0.6) is 0 Å². The molecule has 0 aliphatic heterocycles. The molecule has 0 aromatic carbocycles. The molecule has 1 aliphatic carbocycles. The van der Waals surface area contributed by atoms with E-state index in [2.05, 4.69) is 10.3 Å². The highest BCUT2D eigenvalue weighted by atomic mass is 32.1. The molecule has 5 heteroatoms. The Morgan fingerprint density at radius 3 is 3.07 bits per heavy atom. The predicted molar refractivity (Wildman–Crippen MR) is 55.0 cm³/mol. The fourth-order valence-corrected chi connectivity index (χ4v) is 1.82. The number of hydrogen-bond donors (Lipinski definition) is 2. The maximum absolute atomic E-state index is 11.4. The molecule has 1 saturated carbocycles. The zero-order valence-electron chi connectivity index (χ0n) is 7.82. The van der Waals surface area contributed by atoms with E-state index in [1.165, 1.54) is 0 Å². The van der Waals surface area contributed by atoms with Crippen LogP contribution in [-0.2, 0) is 11.2 Å². The molecule has 1 amide bonds. The van der Waals surface area contributed by atoms with Crippen molar-refractivity contribution in [3.63, 3.8) is 0 Å². The monoisotopic (exact) mass is 211 g/mol. The quantitative estimate of drug-likeness (QED) is 0.752. The van der Waals surface area contributed by atoms with Crippen LogP contribution in [0.4, 0.5) is 0 Å². The third-order valence-corrected chi connectivity index (χ3v) is 3.19. The van der Waals surface area contributed by atoms with Crippen molar-refractivity contribution in [2.75, 3.05) is 6.54 Å². The van der Waals surface area contributed by atoms with Gasteiger partial charge in [0, 0.05) is 24.5 Å². The molecule has 0 saturated heterocycles. The second-order valence-corrected chi connectivity index (χ2v) is 4.57. The van der Waals surface area contributed by atoms with Crippen LogP contribution in [0, 0.1) is 0 Å². The fraction of sp³-hybridized carbons (Fsp3) is 0.556. The van der Waals surface area contributed by atoms with Gasteiger partial charge in [0.15, 0.2) is 0 Å². The molecule has 0 radical (unpaired) electrons. The van der Waals surface area contributed by atoms with Gasteiger partial charge in [0.1, 0.15) is 0 Å². The van der Waals surface area contributed by atoms with Gasteiger partial charge in [-0.1, -0.05) is 0 Å². The molecule has 76 valence electrons. The van der Waals surface area contributed by atoms with Crippen molar-refractivity contribution in [1.82, 2.24) is 10.3 Å². The molecule has 1 heterocycles. The summed E-state index contributed by atoms with van der Waals surface area (Å²) in [5, 5.41) is 5.81. The van der Waals surface area contributed by atoms with E-state index >= 15 is 0 Å². The summed E-state index contributed by atoms with van der Waals surface area (Å²) in [6, 6.07) is 0. The lowest BCUT2D eigenvalue weighted by Gasteiger charge is -2.08. The van der Waals surface area contributed by atoms with Crippen LogP contribution in [0.25, 0.3) is 0 Å². The average Bonchev–Trinajstić information content (AvgIpc) is 2.73. The predicted octanol–water partition coefficient (Wildman–Crippen LogP) is 0.293. The van der Waals surface area contributed by atoms with Crippen molar-refractivity contribution < 1.29 is 4.79 Å². The first-order chi connectivity index (χ1) is 6.71. The van der Waals surface area contributed by atoms with Gasteiger partial charge in [0.05, 0.1) is 10.5 Å². The molecule has 1 aliphatic rings. The highest BCUT2D eigenvalue weighted by Gasteiger charge is 2.45. The normalized spacial score (nSPS) is 17.8. The molecule has 1 aromatic rings. The Morgan fingerprint density at radius 1 is 1.71 bits per heavy atom. The Hall–Kier alpha value is -0.940. The Kier molecular flexibility index (Phi) is 2.52. The Morgan fingerprint density at radius 2 is 2.50 bits per heavy atom. The maximum Gasteiger partial charge on any atom is 0.240 e. The summed E-state index contributed by atoms with van der Waals surface area (Å²) < 4.78 is 0. The number of nitrogens with one attached hydrogen (secondary N) is 1. The first-order valence-electron chi connectivity index (χ1n) is 4.66. The van der Waals surface area contributed by atoms with Crippen LogP contribution in [0.15, 0.2) is 11.6 Å². The molecule has 0 atom stereocenters. The first kappa shape index (κ1) is 9.61. The summed E-state index contributed by atoms with van der Waals surface area (Å²) in [7, 11) is 0. The molecule has 14 heavy (non-hydrogen) atoms. The van der Waals surface area contributed by atoms with Crippen molar-refractivity contribution in [3.05, 3.63) is 16.6 Å². The van der Waals surface area contributed by atoms with E-state index in [-0.39, 0.29) is 5.91 Å². The molecule has 0 spiro atoms. The zero-order chi connectivity index (χ0) is 10.0. The van der Waals surface area contributed by atoms with Gasteiger partial charge >= 0.3 is 0 Å². The smallest absolute Gasteiger partial charge is 0.240 e. The first-order valence-corrected chi connectivity index (χ1v) is 5.54. The van der Waals surface area contributed by atoms with Gasteiger partial charge in [-0.2, -0.15) is 0 Å². The van der Waals surface area contributed by atoms with E-state index in [4.69, 9.17) is 5.73 Å². The van der Waals surface area contributed by atoms with Gasteiger partial charge in [-0.3, -0.25) is 4.79 Å². The summed E-state index contributed by atoms with van der Waals surface area (Å²) >= 11 is 1.60. The maximum atomic E-state index is 11.4. The standard InChI is InChI=1S/C9H13N3OS/c10-9(2-3-9)8(13)12-4-1-7-11-5-6-14-7/h5-6H,1-4,10H2,(H,12,13). The van der Waals surface area contributed by atoms with Crippen molar-refractivity contribution >= 4 is 17.2 Å². The number of thiazole rings is 1. The van der Waals surface area contributed by atoms with Gasteiger partial charge in [0.2, 0.25) is 5.91 Å². The second kappa shape index (κ2) is 3.67. The molecule has 4 nitrogen and oxygen atoms in total. The highest BCUT2D eigenvalue weighted by molar-refractivity contribution is 7.09. The van der Waals surface area contributed by atoms with Crippen LogP contribution >= 0.6 is 11.3 Å². The summed E-state index contributed by atoms with van der Waals surface area (Å²) in [6.45, 7) is 0.630. The highest BCUT2D eigenvalue weighted by Crippen LogP contribution is 2.31. The van der Waals surface area contributed by atoms with E-state index in [0.717, 1.165) is 24.3 Å². The minimum atomic E-state index is -0.553. The zero-order valence-corrected chi connectivity index (χ0v) is 8.64. The number of amides is 1. The number of hydrogen-bond acceptors (Lipinski definition) is 4. The number of carbonyl (C=O) groups is 1. The number of nitrogens with zero attached hydrogens (tertiary/aromatic N) is 1. The molecule has 1 fully saturated rings. The molecular formula is C9H13N3OS. The summed E-state index contributed by atoms with van der Waals surface area (Å²) in [5.41, 5.74) is 5.17. The topological polar surface area (TPSA) is 68.0 Å². The van der Waals surface area contributed by atoms with E-state index in [9.17, 15) is 4.79 Å². The number of nitrogens with two attached hydrogens (primary N) is 1. The third kappa shape index (κ3) is 2.10. The number of aromatic nitrogens is 1. The third-order valence-electron chi connectivity index (χ3n) is 2.35. The van der Waals surface area contributed by atoms with Crippen molar-refractivity contribution in [1.29, 1.82) is 0 Å². The molecule has 0 bridgehead atoms. The molecule has 1 aromatic heterocycles. The van der Waals surface area contributed by atoms with E-state index in [0.29, 0.717) is 6.54 Å². The van der Waals surface area contributed by atoms with Gasteiger partial charge in [-0.15, -0.1) is 11.3 Å². The van der Waals surface area contributed by atoms with Crippen LogP contribution < -0.4 is 11.1 Å². The van der Waals surface area contributed by atoms with Gasteiger partial charge in [-0.05, 0) is 12.8 Å². The van der Waals surface area contributed by atoms with Crippen molar-refractivity contribution in [2.45, 2.75) is 24.8 Å². The minimum Gasteiger partial charge on any atom is -0.354 e. The molecule has 2 rings (SSSR count). The van der Waals surface area contributed by atoms with Crippen LogP contribution in [0.1, 0.15) is 17.8 Å². The van der Waals surface area contributed by atoms with E-state index < -0.39 is 5.54 Å². The Balaban J connectivity index is 1.71. The van der Waals surface area contributed by atoms with Gasteiger partial charge in [0.25, 0.3) is 0 Å². The van der Waals surface area contributed by atoms with Gasteiger partial charge in [-0.25, -0.2) is 4.98 Å². The number of rotatable bonds is 4.